The molecular formula is C19H24O5. The molecule has 4 saturated carbocycles. The Hall–Kier alpha value is -1.78. The number of esters is 2. The van der Waals surface area contributed by atoms with Gasteiger partial charge in [-0.2, -0.15) is 0 Å². The van der Waals surface area contributed by atoms with Crippen molar-refractivity contribution in [2.45, 2.75) is 45.6 Å². The van der Waals surface area contributed by atoms with Gasteiger partial charge in [-0.1, -0.05) is 0 Å². The van der Waals surface area contributed by atoms with Gasteiger partial charge in [-0.25, -0.2) is 4.79 Å². The van der Waals surface area contributed by atoms with Gasteiger partial charge in [-0.05, 0) is 68.8 Å². The predicted octanol–water partition coefficient (Wildman–Crippen LogP) is 3.49. The third-order valence-corrected chi connectivity index (χ3v) is 6.23. The number of hydrogen-bond acceptors (Lipinski definition) is 5. The van der Waals surface area contributed by atoms with E-state index in [1.165, 1.54) is 39.2 Å². The van der Waals surface area contributed by atoms with Crippen molar-refractivity contribution in [3.05, 3.63) is 23.2 Å². The maximum atomic E-state index is 12.6. The Kier molecular flexibility index (Phi) is 3.89. The topological polar surface area (TPSA) is 65.7 Å². The van der Waals surface area contributed by atoms with Crippen LogP contribution in [-0.2, 0) is 20.9 Å². The Morgan fingerprint density at radius 3 is 2.33 bits per heavy atom. The summed E-state index contributed by atoms with van der Waals surface area (Å²) in [5.74, 6) is 3.23. The van der Waals surface area contributed by atoms with Gasteiger partial charge in [0.1, 0.15) is 23.7 Å². The molecule has 1 heterocycles. The third kappa shape index (κ3) is 2.64. The molecule has 4 bridgehead atoms. The van der Waals surface area contributed by atoms with Gasteiger partial charge >= 0.3 is 11.9 Å². The van der Waals surface area contributed by atoms with Crippen molar-refractivity contribution >= 4 is 11.9 Å². The lowest BCUT2D eigenvalue weighted by Gasteiger charge is -2.53. The quantitative estimate of drug-likeness (QED) is 0.790. The van der Waals surface area contributed by atoms with Crippen molar-refractivity contribution in [3.63, 3.8) is 0 Å². The van der Waals surface area contributed by atoms with Gasteiger partial charge in [-0.15, -0.1) is 0 Å². The minimum absolute atomic E-state index is 0.0638. The van der Waals surface area contributed by atoms with E-state index in [4.69, 9.17) is 13.9 Å². The van der Waals surface area contributed by atoms with Crippen LogP contribution in [0.2, 0.25) is 0 Å². The zero-order valence-corrected chi connectivity index (χ0v) is 14.2. The van der Waals surface area contributed by atoms with E-state index in [-0.39, 0.29) is 18.5 Å². The Morgan fingerprint density at radius 2 is 1.75 bits per heavy atom. The summed E-state index contributed by atoms with van der Waals surface area (Å²) >= 11 is 0. The fraction of sp³-hybridized carbons (Fsp3) is 0.684. The Labute approximate surface area is 141 Å². The number of furan rings is 1. The standard InChI is InChI=1S/C19H24O5/c1-10-16(18(20)22-2)8-15(24-10)9-23-19(21)17-13-4-11-3-12(6-13)7-14(17)5-11/h8,11-14,17H,3-7,9H2,1-2H3. The smallest absolute Gasteiger partial charge is 0.341 e. The van der Waals surface area contributed by atoms with Crippen LogP contribution in [0.1, 0.15) is 54.0 Å². The van der Waals surface area contributed by atoms with Gasteiger partial charge in [0.05, 0.1) is 13.0 Å². The molecule has 4 fully saturated rings. The maximum Gasteiger partial charge on any atom is 0.341 e. The van der Waals surface area contributed by atoms with Crippen LogP contribution in [0.5, 0.6) is 0 Å². The van der Waals surface area contributed by atoms with E-state index in [1.54, 1.807) is 13.0 Å². The van der Waals surface area contributed by atoms with Gasteiger partial charge in [0.25, 0.3) is 0 Å². The second-order valence-electron chi connectivity index (χ2n) is 7.74. The van der Waals surface area contributed by atoms with Gasteiger partial charge in [-0.3, -0.25) is 4.79 Å². The maximum absolute atomic E-state index is 12.6. The Morgan fingerprint density at radius 1 is 1.12 bits per heavy atom. The minimum Gasteiger partial charge on any atom is -0.465 e. The number of carbonyl (C=O) groups is 2. The normalized spacial score (nSPS) is 33.5. The van der Waals surface area contributed by atoms with Crippen LogP contribution in [0, 0.1) is 36.5 Å². The molecule has 5 heteroatoms. The summed E-state index contributed by atoms with van der Waals surface area (Å²) in [5.41, 5.74) is 0.387. The number of rotatable bonds is 4. The summed E-state index contributed by atoms with van der Waals surface area (Å²) in [6, 6.07) is 1.60. The first-order valence-corrected chi connectivity index (χ1v) is 8.89. The molecule has 1 aromatic rings. The van der Waals surface area contributed by atoms with Crippen LogP contribution in [0.3, 0.4) is 0 Å². The van der Waals surface area contributed by atoms with Crippen molar-refractivity contribution in [2.75, 3.05) is 7.11 Å². The highest BCUT2D eigenvalue weighted by atomic mass is 16.5. The van der Waals surface area contributed by atoms with Crippen molar-refractivity contribution < 1.29 is 23.5 Å². The lowest BCUT2D eigenvalue weighted by molar-refractivity contribution is -0.164. The highest BCUT2D eigenvalue weighted by molar-refractivity contribution is 5.90. The van der Waals surface area contributed by atoms with E-state index in [9.17, 15) is 9.59 Å². The molecule has 0 aliphatic heterocycles. The van der Waals surface area contributed by atoms with Crippen LogP contribution in [0.4, 0.5) is 0 Å². The number of hydrogen-bond donors (Lipinski definition) is 0. The van der Waals surface area contributed by atoms with Crippen molar-refractivity contribution in [2.24, 2.45) is 29.6 Å². The van der Waals surface area contributed by atoms with Crippen molar-refractivity contribution in [1.29, 1.82) is 0 Å². The van der Waals surface area contributed by atoms with Crippen molar-refractivity contribution in [3.8, 4) is 0 Å². The van der Waals surface area contributed by atoms with Gasteiger partial charge in [0, 0.05) is 0 Å². The molecule has 1 aromatic heterocycles. The van der Waals surface area contributed by atoms with E-state index in [2.05, 4.69) is 0 Å². The second kappa shape index (κ2) is 5.94. The first-order chi connectivity index (χ1) is 11.5. The van der Waals surface area contributed by atoms with E-state index in [0.29, 0.717) is 28.9 Å². The van der Waals surface area contributed by atoms with Crippen LogP contribution in [-0.4, -0.2) is 19.0 Å². The van der Waals surface area contributed by atoms with Crippen LogP contribution in [0.15, 0.2) is 10.5 Å². The monoisotopic (exact) mass is 332 g/mol. The summed E-state index contributed by atoms with van der Waals surface area (Å²) in [6.45, 7) is 1.79. The Bertz CT molecular complexity index is 631. The molecule has 0 radical (unpaired) electrons. The molecular weight excluding hydrogens is 308 g/mol. The molecule has 130 valence electrons. The zero-order chi connectivity index (χ0) is 16.8. The summed E-state index contributed by atoms with van der Waals surface area (Å²) in [7, 11) is 1.33. The molecule has 24 heavy (non-hydrogen) atoms. The van der Waals surface area contributed by atoms with Gasteiger partial charge in [0.2, 0.25) is 0 Å². The second-order valence-corrected chi connectivity index (χ2v) is 7.74. The lowest BCUT2D eigenvalue weighted by Crippen LogP contribution is -2.48. The molecule has 0 saturated heterocycles. The minimum atomic E-state index is -0.435. The van der Waals surface area contributed by atoms with E-state index in [0.717, 1.165) is 11.8 Å². The molecule has 0 aromatic carbocycles. The molecule has 4 aliphatic rings. The molecule has 0 amide bonds. The average Bonchev–Trinajstić information content (AvgIpc) is 2.92. The first kappa shape index (κ1) is 15.7. The third-order valence-electron chi connectivity index (χ3n) is 6.23. The number of aryl methyl sites for hydroxylation is 1. The van der Waals surface area contributed by atoms with E-state index in [1.807, 2.05) is 0 Å². The largest absolute Gasteiger partial charge is 0.465 e. The number of methoxy groups -OCH3 is 1. The van der Waals surface area contributed by atoms with E-state index >= 15 is 0 Å². The summed E-state index contributed by atoms with van der Waals surface area (Å²) in [5, 5.41) is 0. The zero-order valence-electron chi connectivity index (χ0n) is 14.2. The predicted molar refractivity (Wildman–Crippen MR) is 85.1 cm³/mol. The van der Waals surface area contributed by atoms with Crippen LogP contribution >= 0.6 is 0 Å². The number of carbonyl (C=O) groups excluding carboxylic acids is 2. The molecule has 4 aliphatic carbocycles. The fourth-order valence-electron chi connectivity index (χ4n) is 5.48. The van der Waals surface area contributed by atoms with Crippen LogP contribution < -0.4 is 0 Å². The fourth-order valence-corrected chi connectivity index (χ4v) is 5.48. The van der Waals surface area contributed by atoms with Crippen LogP contribution in [0.25, 0.3) is 0 Å². The Balaban J connectivity index is 1.40. The highest BCUT2D eigenvalue weighted by Gasteiger charge is 2.51. The summed E-state index contributed by atoms with van der Waals surface area (Å²) < 4.78 is 15.8. The number of ether oxygens (including phenoxy) is 2. The van der Waals surface area contributed by atoms with Crippen molar-refractivity contribution in [1.82, 2.24) is 0 Å². The van der Waals surface area contributed by atoms with Gasteiger partial charge in [0.15, 0.2) is 0 Å². The summed E-state index contributed by atoms with van der Waals surface area (Å²) in [6.07, 6.45) is 6.15. The summed E-state index contributed by atoms with van der Waals surface area (Å²) in [4.78, 5) is 24.2. The first-order valence-electron chi connectivity index (χ1n) is 8.89. The highest BCUT2D eigenvalue weighted by Crippen LogP contribution is 2.56. The molecule has 0 unspecified atom stereocenters. The molecule has 0 atom stereocenters. The molecule has 0 spiro atoms. The van der Waals surface area contributed by atoms with E-state index < -0.39 is 5.97 Å². The molecule has 5 rings (SSSR count). The molecule has 5 nitrogen and oxygen atoms in total. The SMILES string of the molecule is COC(=O)c1cc(COC(=O)C2C3CC4CC(C3)CC2C4)oc1C. The van der Waals surface area contributed by atoms with Gasteiger partial charge < -0.3 is 13.9 Å². The molecule has 0 N–H and O–H groups in total. The lowest BCUT2D eigenvalue weighted by atomic mass is 9.52. The average molecular weight is 332 g/mol.